The van der Waals surface area contributed by atoms with Crippen molar-refractivity contribution in [3.8, 4) is 18.0 Å². The molecule has 1 heterocycles. The Morgan fingerprint density at radius 1 is 1.12 bits per heavy atom. The highest BCUT2D eigenvalue weighted by molar-refractivity contribution is 5.49. The van der Waals surface area contributed by atoms with Crippen LogP contribution in [0, 0.1) is 12.3 Å². The Hall–Kier alpha value is -2.65. The lowest BCUT2D eigenvalue weighted by Crippen LogP contribution is -2.32. The molecule has 0 aliphatic carbocycles. The fourth-order valence-electron chi connectivity index (χ4n) is 2.64. The second kappa shape index (κ2) is 8.27. The van der Waals surface area contributed by atoms with Gasteiger partial charge in [-0.15, -0.1) is 6.42 Å². The molecule has 2 N–H and O–H groups in total. The van der Waals surface area contributed by atoms with Crippen molar-refractivity contribution in [1.29, 1.82) is 0 Å². The Morgan fingerprint density at radius 3 is 2.33 bits per heavy atom. The van der Waals surface area contributed by atoms with Gasteiger partial charge in [0.1, 0.15) is 5.82 Å². The van der Waals surface area contributed by atoms with Gasteiger partial charge >= 0.3 is 5.69 Å². The molecule has 0 saturated carbocycles. The second-order valence-corrected chi connectivity index (χ2v) is 5.25. The first-order valence-electron chi connectivity index (χ1n) is 8.19. The summed E-state index contributed by atoms with van der Waals surface area (Å²) in [5.74, 6) is 3.33. The first-order valence-corrected chi connectivity index (χ1v) is 8.19. The maximum atomic E-state index is 12.7. The number of hydrazine groups is 1. The van der Waals surface area contributed by atoms with Crippen LogP contribution < -0.4 is 16.5 Å². The highest BCUT2D eigenvalue weighted by atomic mass is 16.1. The van der Waals surface area contributed by atoms with Crippen LogP contribution in [0.3, 0.4) is 0 Å². The number of nitrogens with one attached hydrogen (secondary N) is 2. The second-order valence-electron chi connectivity index (χ2n) is 5.25. The van der Waals surface area contributed by atoms with E-state index in [-0.39, 0.29) is 11.6 Å². The number of aromatic nitrogens is 3. The number of hydrogen-bond acceptors (Lipinski definition) is 5. The molecule has 0 bridgehead atoms. The lowest BCUT2D eigenvalue weighted by atomic mass is 10.0. The van der Waals surface area contributed by atoms with E-state index in [9.17, 15) is 4.79 Å². The average Bonchev–Trinajstić information content (AvgIpc) is 2.60. The Kier molecular flexibility index (Phi) is 6.10. The van der Waals surface area contributed by atoms with Crippen LogP contribution in [0.1, 0.15) is 37.7 Å². The minimum absolute atomic E-state index is 0.232. The largest absolute Gasteiger partial charge is 0.356 e. The van der Waals surface area contributed by atoms with Gasteiger partial charge in [-0.2, -0.15) is 9.97 Å². The van der Waals surface area contributed by atoms with E-state index in [1.54, 1.807) is 4.57 Å². The quantitative estimate of drug-likeness (QED) is 0.462. The molecule has 2 aromatic rings. The lowest BCUT2D eigenvalue weighted by Gasteiger charge is -2.18. The summed E-state index contributed by atoms with van der Waals surface area (Å²) < 4.78 is 1.63. The summed E-state index contributed by atoms with van der Waals surface area (Å²) in [4.78, 5) is 21.2. The lowest BCUT2D eigenvalue weighted by molar-refractivity contribution is 0.745. The maximum Gasteiger partial charge on any atom is 0.356 e. The van der Waals surface area contributed by atoms with Crippen molar-refractivity contribution in [3.63, 3.8) is 0 Å². The van der Waals surface area contributed by atoms with Gasteiger partial charge < -0.3 is 0 Å². The monoisotopic (exact) mass is 325 g/mol. The van der Waals surface area contributed by atoms with Crippen molar-refractivity contribution >= 4 is 5.95 Å². The molecule has 0 amide bonds. The first-order chi connectivity index (χ1) is 11.7. The predicted molar refractivity (Wildman–Crippen MR) is 96.2 cm³/mol. The zero-order valence-corrected chi connectivity index (χ0v) is 14.4. The Labute approximate surface area is 142 Å². The van der Waals surface area contributed by atoms with Crippen molar-refractivity contribution in [2.45, 2.75) is 40.0 Å². The molecule has 6 nitrogen and oxygen atoms in total. The summed E-state index contributed by atoms with van der Waals surface area (Å²) in [5, 5.41) is 0. The van der Waals surface area contributed by atoms with Gasteiger partial charge in [0.15, 0.2) is 0 Å². The summed E-state index contributed by atoms with van der Waals surface area (Å²) in [5.41, 5.74) is 8.33. The number of nitrogens with zero attached hydrogens (tertiary/aromatic N) is 3. The van der Waals surface area contributed by atoms with E-state index in [1.165, 1.54) is 0 Å². The third-order valence-electron chi connectivity index (χ3n) is 3.78. The van der Waals surface area contributed by atoms with Crippen LogP contribution in [-0.2, 0) is 19.3 Å². The predicted octanol–water partition coefficient (Wildman–Crippen LogP) is 1.86. The van der Waals surface area contributed by atoms with E-state index < -0.39 is 0 Å². The SMILES string of the molecule is C#CCNNc1nc(CC)n(-c2c(CC)cccc2CC)c(=O)n1. The third-order valence-corrected chi connectivity index (χ3v) is 3.78. The molecule has 2 rings (SSSR count). The van der Waals surface area contributed by atoms with E-state index in [4.69, 9.17) is 6.42 Å². The molecular formula is C18H23N5O. The third kappa shape index (κ3) is 3.63. The summed E-state index contributed by atoms with van der Waals surface area (Å²) in [6.45, 7) is 6.44. The van der Waals surface area contributed by atoms with E-state index >= 15 is 0 Å². The molecule has 6 heteroatoms. The smallest absolute Gasteiger partial charge is 0.289 e. The molecule has 0 atom stereocenters. The van der Waals surface area contributed by atoms with Crippen LogP contribution in [0.4, 0.5) is 5.95 Å². The fraction of sp³-hybridized carbons (Fsp3) is 0.389. The molecule has 0 radical (unpaired) electrons. The van der Waals surface area contributed by atoms with Crippen LogP contribution in [0.2, 0.25) is 0 Å². The first kappa shape index (κ1) is 17.7. The van der Waals surface area contributed by atoms with Crippen LogP contribution in [-0.4, -0.2) is 21.1 Å². The van der Waals surface area contributed by atoms with Crippen molar-refractivity contribution in [1.82, 2.24) is 20.0 Å². The summed E-state index contributed by atoms with van der Waals surface area (Å²) in [6.07, 6.45) is 7.47. The molecule has 0 fully saturated rings. The maximum absolute atomic E-state index is 12.7. The average molecular weight is 325 g/mol. The molecule has 1 aromatic carbocycles. The van der Waals surface area contributed by atoms with Crippen molar-refractivity contribution in [3.05, 3.63) is 45.6 Å². The van der Waals surface area contributed by atoms with Gasteiger partial charge in [-0.1, -0.05) is 44.9 Å². The molecule has 24 heavy (non-hydrogen) atoms. The highest BCUT2D eigenvalue weighted by Crippen LogP contribution is 2.21. The standard InChI is InChI=1S/C18H23N5O/c1-5-12-19-22-17-20-15(8-4)23(18(24)21-17)16-13(6-2)10-9-11-14(16)7-3/h1,9-11,19H,6-8,12H2,2-4H3,(H,21,22,24). The molecular weight excluding hydrogens is 302 g/mol. The van der Waals surface area contributed by atoms with Crippen molar-refractivity contribution in [2.24, 2.45) is 0 Å². The van der Waals surface area contributed by atoms with E-state index in [2.05, 4.69) is 40.6 Å². The summed E-state index contributed by atoms with van der Waals surface area (Å²) in [7, 11) is 0. The molecule has 0 saturated heterocycles. The van der Waals surface area contributed by atoms with E-state index in [0.717, 1.165) is 29.7 Å². The van der Waals surface area contributed by atoms with Gasteiger partial charge in [-0.25, -0.2) is 14.8 Å². The van der Waals surface area contributed by atoms with Crippen molar-refractivity contribution in [2.75, 3.05) is 12.0 Å². The molecule has 0 aliphatic heterocycles. The van der Waals surface area contributed by atoms with Crippen LogP contribution in [0.5, 0.6) is 0 Å². The fourth-order valence-corrected chi connectivity index (χ4v) is 2.64. The summed E-state index contributed by atoms with van der Waals surface area (Å²) >= 11 is 0. The van der Waals surface area contributed by atoms with Gasteiger partial charge in [-0.3, -0.25) is 5.43 Å². The van der Waals surface area contributed by atoms with Crippen LogP contribution >= 0.6 is 0 Å². The minimum atomic E-state index is -0.345. The Bertz CT molecular complexity index is 782. The number of anilines is 1. The zero-order valence-electron chi connectivity index (χ0n) is 14.4. The number of aryl methyl sites for hydroxylation is 3. The molecule has 126 valence electrons. The topological polar surface area (TPSA) is 71.8 Å². The summed E-state index contributed by atoms with van der Waals surface area (Å²) in [6, 6.07) is 6.11. The van der Waals surface area contributed by atoms with Gasteiger partial charge in [0, 0.05) is 6.42 Å². The van der Waals surface area contributed by atoms with E-state index in [0.29, 0.717) is 18.8 Å². The molecule has 0 spiro atoms. The number of para-hydroxylation sites is 1. The van der Waals surface area contributed by atoms with Gasteiger partial charge in [0.05, 0.1) is 12.2 Å². The van der Waals surface area contributed by atoms with Gasteiger partial charge in [0.2, 0.25) is 5.95 Å². The zero-order chi connectivity index (χ0) is 17.5. The minimum Gasteiger partial charge on any atom is -0.289 e. The van der Waals surface area contributed by atoms with Crippen molar-refractivity contribution < 1.29 is 0 Å². The Balaban J connectivity index is 2.60. The van der Waals surface area contributed by atoms with Gasteiger partial charge in [-0.05, 0) is 24.0 Å². The normalized spacial score (nSPS) is 10.4. The number of terminal acetylenes is 1. The molecule has 0 aliphatic rings. The molecule has 1 aromatic heterocycles. The van der Waals surface area contributed by atoms with E-state index in [1.807, 2.05) is 25.1 Å². The number of hydrogen-bond donors (Lipinski definition) is 2. The van der Waals surface area contributed by atoms with Gasteiger partial charge in [0.25, 0.3) is 0 Å². The van der Waals surface area contributed by atoms with Crippen LogP contribution in [0.25, 0.3) is 5.69 Å². The molecule has 0 unspecified atom stereocenters. The Morgan fingerprint density at radius 2 is 1.79 bits per heavy atom. The number of benzene rings is 1. The highest BCUT2D eigenvalue weighted by Gasteiger charge is 2.16. The van der Waals surface area contributed by atoms with Crippen LogP contribution in [0.15, 0.2) is 23.0 Å². The number of rotatable bonds is 7.